The first-order valence-corrected chi connectivity index (χ1v) is 4.00. The number of fused-ring (bicyclic) bond motifs is 1. The Kier molecular flexibility index (Phi) is 3.14. The van der Waals surface area contributed by atoms with Crippen LogP contribution in [0.5, 0.6) is 11.5 Å². The topological polar surface area (TPSA) is 52.8 Å². The molecule has 0 aliphatic carbocycles. The van der Waals surface area contributed by atoms with Gasteiger partial charge in [0.1, 0.15) is 0 Å². The van der Waals surface area contributed by atoms with E-state index in [0.717, 1.165) is 11.1 Å². The minimum Gasteiger partial charge on any atom is -0.504 e. The first-order chi connectivity index (χ1) is 6.27. The van der Waals surface area contributed by atoms with Gasteiger partial charge < -0.3 is 10.2 Å². The number of hydrogen-bond donors (Lipinski definition) is 2. The van der Waals surface area contributed by atoms with Gasteiger partial charge in [-0.3, -0.25) is 4.99 Å². The van der Waals surface area contributed by atoms with Crippen LogP contribution in [-0.4, -0.2) is 16.4 Å². The molecule has 74 valence electrons. The number of nitrogens with zero attached hydrogens (tertiary/aromatic N) is 1. The molecular weight excluding hydrogens is 202 g/mol. The highest BCUT2D eigenvalue weighted by atomic mass is 35.5. The van der Waals surface area contributed by atoms with Gasteiger partial charge in [-0.1, -0.05) is 0 Å². The largest absolute Gasteiger partial charge is 0.504 e. The standard InChI is InChI=1S/C10H9NO2.ClH/c12-9-5-7-1-3-11-4-2-8(7)6-10(9)13;/h1,3-6,12-13H,2H2;1H. The van der Waals surface area contributed by atoms with Gasteiger partial charge in [0, 0.05) is 18.8 Å². The molecule has 0 aromatic heterocycles. The van der Waals surface area contributed by atoms with Crippen molar-refractivity contribution in [3.63, 3.8) is 0 Å². The smallest absolute Gasteiger partial charge is 0.158 e. The number of halogens is 1. The molecule has 1 aromatic carbocycles. The van der Waals surface area contributed by atoms with E-state index in [4.69, 9.17) is 0 Å². The summed E-state index contributed by atoms with van der Waals surface area (Å²) in [5, 5.41) is 18.5. The average molecular weight is 212 g/mol. The molecule has 1 aromatic rings. The summed E-state index contributed by atoms with van der Waals surface area (Å²) in [4.78, 5) is 3.98. The number of benzene rings is 1. The molecule has 0 saturated carbocycles. The Morgan fingerprint density at radius 2 is 1.86 bits per heavy atom. The lowest BCUT2D eigenvalue weighted by Gasteiger charge is -2.04. The monoisotopic (exact) mass is 211 g/mol. The van der Waals surface area contributed by atoms with Crippen molar-refractivity contribution in [1.29, 1.82) is 0 Å². The van der Waals surface area contributed by atoms with Crippen molar-refractivity contribution >= 4 is 24.7 Å². The Morgan fingerprint density at radius 3 is 2.64 bits per heavy atom. The van der Waals surface area contributed by atoms with Gasteiger partial charge in [0.05, 0.1) is 0 Å². The number of aliphatic imine (C=N–C) groups is 1. The molecule has 0 radical (unpaired) electrons. The van der Waals surface area contributed by atoms with Crippen LogP contribution in [0, 0.1) is 0 Å². The van der Waals surface area contributed by atoms with Crippen molar-refractivity contribution in [2.24, 2.45) is 4.99 Å². The van der Waals surface area contributed by atoms with E-state index in [1.54, 1.807) is 24.6 Å². The molecule has 1 aliphatic heterocycles. The molecule has 3 nitrogen and oxygen atoms in total. The van der Waals surface area contributed by atoms with E-state index >= 15 is 0 Å². The summed E-state index contributed by atoms with van der Waals surface area (Å²) in [5.41, 5.74) is 1.86. The molecular formula is C10H10ClNO2. The minimum absolute atomic E-state index is 0. The quantitative estimate of drug-likeness (QED) is 0.646. The lowest BCUT2D eigenvalue weighted by Crippen LogP contribution is -1.88. The number of hydrogen-bond acceptors (Lipinski definition) is 3. The van der Waals surface area contributed by atoms with Crippen LogP contribution < -0.4 is 0 Å². The van der Waals surface area contributed by atoms with E-state index < -0.39 is 0 Å². The highest BCUT2D eigenvalue weighted by Gasteiger charge is 2.06. The Hall–Kier alpha value is -1.48. The molecule has 0 saturated heterocycles. The molecule has 2 N–H and O–H groups in total. The van der Waals surface area contributed by atoms with E-state index in [9.17, 15) is 10.2 Å². The van der Waals surface area contributed by atoms with Crippen molar-refractivity contribution in [3.05, 3.63) is 29.5 Å². The molecule has 0 atom stereocenters. The van der Waals surface area contributed by atoms with Crippen LogP contribution in [0.1, 0.15) is 11.1 Å². The van der Waals surface area contributed by atoms with E-state index in [-0.39, 0.29) is 23.9 Å². The number of aromatic hydroxyl groups is 2. The summed E-state index contributed by atoms with van der Waals surface area (Å²) in [6.07, 6.45) is 5.91. The van der Waals surface area contributed by atoms with E-state index in [2.05, 4.69) is 4.99 Å². The van der Waals surface area contributed by atoms with E-state index in [1.165, 1.54) is 6.07 Å². The van der Waals surface area contributed by atoms with Crippen molar-refractivity contribution in [1.82, 2.24) is 0 Å². The predicted octanol–water partition coefficient (Wildman–Crippen LogP) is 2.12. The van der Waals surface area contributed by atoms with E-state index in [0.29, 0.717) is 6.42 Å². The average Bonchev–Trinajstić information content (AvgIpc) is 2.31. The molecule has 0 unspecified atom stereocenters. The molecule has 2 rings (SSSR count). The Morgan fingerprint density at radius 1 is 1.14 bits per heavy atom. The maximum atomic E-state index is 9.25. The van der Waals surface area contributed by atoms with Crippen molar-refractivity contribution in [3.8, 4) is 11.5 Å². The van der Waals surface area contributed by atoms with Crippen LogP contribution in [0.15, 0.2) is 23.3 Å². The molecule has 1 aliphatic rings. The van der Waals surface area contributed by atoms with E-state index in [1.807, 2.05) is 0 Å². The summed E-state index contributed by atoms with van der Waals surface area (Å²) >= 11 is 0. The Bertz CT molecular complexity index is 399. The summed E-state index contributed by atoms with van der Waals surface area (Å²) < 4.78 is 0. The van der Waals surface area contributed by atoms with Gasteiger partial charge in [-0.2, -0.15) is 0 Å². The highest BCUT2D eigenvalue weighted by Crippen LogP contribution is 2.29. The molecule has 0 amide bonds. The number of rotatable bonds is 0. The lowest BCUT2D eigenvalue weighted by atomic mass is 10.0. The van der Waals surface area contributed by atoms with Gasteiger partial charge >= 0.3 is 0 Å². The normalized spacial score (nSPS) is 12.9. The van der Waals surface area contributed by atoms with Crippen LogP contribution in [0.25, 0.3) is 6.08 Å². The number of phenols is 2. The van der Waals surface area contributed by atoms with Crippen LogP contribution in [0.4, 0.5) is 0 Å². The minimum atomic E-state index is -0.0923. The maximum absolute atomic E-state index is 9.25. The zero-order chi connectivity index (χ0) is 9.26. The fourth-order valence-electron chi connectivity index (χ4n) is 1.30. The SMILES string of the molecule is Cl.Oc1cc2c(cc1O)CC=NC=C2. The Balaban J connectivity index is 0.000000980. The molecule has 4 heteroatoms. The third kappa shape index (κ3) is 1.88. The van der Waals surface area contributed by atoms with Gasteiger partial charge in [0.2, 0.25) is 0 Å². The number of phenolic OH excluding ortho intramolecular Hbond substituents is 2. The second kappa shape index (κ2) is 4.15. The second-order valence-electron chi connectivity index (χ2n) is 2.89. The van der Waals surface area contributed by atoms with Crippen molar-refractivity contribution in [2.45, 2.75) is 6.42 Å². The zero-order valence-electron chi connectivity index (χ0n) is 7.34. The summed E-state index contributed by atoms with van der Waals surface area (Å²) in [6.45, 7) is 0. The molecule has 0 spiro atoms. The van der Waals surface area contributed by atoms with Crippen LogP contribution in [0.2, 0.25) is 0 Å². The van der Waals surface area contributed by atoms with Crippen LogP contribution in [0.3, 0.4) is 0 Å². The third-order valence-electron chi connectivity index (χ3n) is 1.99. The zero-order valence-corrected chi connectivity index (χ0v) is 8.16. The summed E-state index contributed by atoms with van der Waals surface area (Å²) in [6, 6.07) is 3.10. The second-order valence-corrected chi connectivity index (χ2v) is 2.89. The molecule has 1 heterocycles. The highest BCUT2D eigenvalue weighted by molar-refractivity contribution is 5.85. The van der Waals surface area contributed by atoms with Gasteiger partial charge in [-0.05, 0) is 29.3 Å². The van der Waals surface area contributed by atoms with Crippen molar-refractivity contribution < 1.29 is 10.2 Å². The molecule has 0 fully saturated rings. The van der Waals surface area contributed by atoms with Crippen molar-refractivity contribution in [2.75, 3.05) is 0 Å². The first kappa shape index (κ1) is 10.6. The predicted molar refractivity (Wildman–Crippen MR) is 58.2 cm³/mol. The Labute approximate surface area is 87.8 Å². The third-order valence-corrected chi connectivity index (χ3v) is 1.99. The maximum Gasteiger partial charge on any atom is 0.158 e. The van der Waals surface area contributed by atoms with Crippen LogP contribution >= 0.6 is 12.4 Å². The fraction of sp³-hybridized carbons (Fsp3) is 0.100. The first-order valence-electron chi connectivity index (χ1n) is 4.00. The summed E-state index contributed by atoms with van der Waals surface area (Å²) in [7, 11) is 0. The molecule has 14 heavy (non-hydrogen) atoms. The van der Waals surface area contributed by atoms with Gasteiger partial charge in [-0.15, -0.1) is 12.4 Å². The van der Waals surface area contributed by atoms with Gasteiger partial charge in [0.25, 0.3) is 0 Å². The van der Waals surface area contributed by atoms with Crippen LogP contribution in [-0.2, 0) is 6.42 Å². The summed E-state index contributed by atoms with van der Waals surface area (Å²) in [5.74, 6) is -0.173. The van der Waals surface area contributed by atoms with Gasteiger partial charge in [0.15, 0.2) is 11.5 Å². The van der Waals surface area contributed by atoms with Gasteiger partial charge in [-0.25, -0.2) is 0 Å². The molecule has 0 bridgehead atoms. The lowest BCUT2D eigenvalue weighted by molar-refractivity contribution is 0.403. The fourth-order valence-corrected chi connectivity index (χ4v) is 1.30.